The lowest BCUT2D eigenvalue weighted by Crippen LogP contribution is -2.41. The van der Waals surface area contributed by atoms with E-state index in [1.807, 2.05) is 30.3 Å². The second-order valence-corrected chi connectivity index (χ2v) is 6.03. The van der Waals surface area contributed by atoms with E-state index >= 15 is 0 Å². The predicted octanol–water partition coefficient (Wildman–Crippen LogP) is 2.42. The molecular weight excluding hydrogens is 236 g/mol. The number of rotatable bonds is 8. The zero-order valence-corrected chi connectivity index (χ0v) is 12.5. The topological polar surface area (TPSA) is 49.5 Å². The summed E-state index contributed by atoms with van der Waals surface area (Å²) in [6.07, 6.45) is 0.656. The van der Waals surface area contributed by atoms with E-state index in [4.69, 9.17) is 5.73 Å². The molecule has 0 aliphatic carbocycles. The smallest absolute Gasteiger partial charge is 0.0916 e. The molecule has 0 saturated heterocycles. The highest BCUT2D eigenvalue weighted by Crippen LogP contribution is 2.19. The molecule has 0 aliphatic rings. The molecule has 0 bridgehead atoms. The molecule has 1 aromatic rings. The fourth-order valence-corrected chi connectivity index (χ4v) is 2.25. The fraction of sp³-hybridized carbons (Fsp3) is 0.625. The number of nitrogens with zero attached hydrogens (tertiary/aromatic N) is 1. The van der Waals surface area contributed by atoms with Crippen molar-refractivity contribution < 1.29 is 5.11 Å². The minimum atomic E-state index is -0.429. The summed E-state index contributed by atoms with van der Waals surface area (Å²) in [6, 6.07) is 9.85. The van der Waals surface area contributed by atoms with Crippen LogP contribution in [0.4, 0.5) is 0 Å². The van der Waals surface area contributed by atoms with Crippen LogP contribution in [0.2, 0.25) is 0 Å². The Balaban J connectivity index is 2.63. The highest BCUT2D eigenvalue weighted by molar-refractivity contribution is 5.17. The Morgan fingerprint density at radius 1 is 1.26 bits per heavy atom. The van der Waals surface area contributed by atoms with Gasteiger partial charge in [-0.3, -0.25) is 4.90 Å². The molecule has 0 radical (unpaired) electrons. The molecule has 0 aliphatic heterocycles. The lowest BCUT2D eigenvalue weighted by Gasteiger charge is -2.33. The number of hydrogen-bond acceptors (Lipinski definition) is 3. The van der Waals surface area contributed by atoms with Crippen molar-refractivity contribution in [3.8, 4) is 0 Å². The van der Waals surface area contributed by atoms with E-state index < -0.39 is 6.10 Å². The molecule has 19 heavy (non-hydrogen) atoms. The number of hydrogen-bond donors (Lipinski definition) is 2. The molecule has 1 atom stereocenters. The molecule has 0 heterocycles. The average molecular weight is 264 g/mol. The molecule has 3 heteroatoms. The zero-order chi connectivity index (χ0) is 14.3. The second-order valence-electron chi connectivity index (χ2n) is 6.03. The van der Waals surface area contributed by atoms with Gasteiger partial charge in [0, 0.05) is 13.1 Å². The molecule has 0 aromatic heterocycles. The first-order chi connectivity index (χ1) is 8.98. The number of benzene rings is 1. The van der Waals surface area contributed by atoms with Crippen LogP contribution in [-0.2, 0) is 0 Å². The van der Waals surface area contributed by atoms with Crippen molar-refractivity contribution in [1.82, 2.24) is 4.90 Å². The molecule has 0 saturated carbocycles. The van der Waals surface area contributed by atoms with Crippen LogP contribution in [0.1, 0.15) is 38.9 Å². The van der Waals surface area contributed by atoms with Crippen LogP contribution in [0.25, 0.3) is 0 Å². The molecule has 0 amide bonds. The van der Waals surface area contributed by atoms with Crippen molar-refractivity contribution >= 4 is 0 Å². The lowest BCUT2D eigenvalue weighted by molar-refractivity contribution is 0.0896. The molecule has 1 rings (SSSR count). The summed E-state index contributed by atoms with van der Waals surface area (Å²) in [5.74, 6) is 0. The van der Waals surface area contributed by atoms with E-state index in [0.29, 0.717) is 13.1 Å². The van der Waals surface area contributed by atoms with Crippen LogP contribution < -0.4 is 5.73 Å². The van der Waals surface area contributed by atoms with Gasteiger partial charge in [-0.2, -0.15) is 0 Å². The fourth-order valence-electron chi connectivity index (χ4n) is 2.25. The summed E-state index contributed by atoms with van der Waals surface area (Å²) in [6.45, 7) is 9.75. The van der Waals surface area contributed by atoms with Gasteiger partial charge in [0.1, 0.15) is 0 Å². The highest BCUT2D eigenvalue weighted by atomic mass is 16.3. The third-order valence-corrected chi connectivity index (χ3v) is 3.36. The maximum absolute atomic E-state index is 10.3. The maximum Gasteiger partial charge on any atom is 0.0916 e. The van der Waals surface area contributed by atoms with E-state index in [0.717, 1.165) is 25.1 Å². The minimum Gasteiger partial charge on any atom is -0.387 e. The Morgan fingerprint density at radius 2 is 1.89 bits per heavy atom. The first-order valence-electron chi connectivity index (χ1n) is 7.14. The van der Waals surface area contributed by atoms with E-state index in [-0.39, 0.29) is 5.41 Å². The maximum atomic E-state index is 10.3. The standard InChI is InChI=1S/C16H28N2O/c1-4-10-18(13-16(2,3)12-17)11-15(19)14-8-6-5-7-9-14/h5-9,15,19H,4,10-13,17H2,1-3H3. The first-order valence-corrected chi connectivity index (χ1v) is 7.14. The molecule has 3 nitrogen and oxygen atoms in total. The van der Waals surface area contributed by atoms with Crippen molar-refractivity contribution in [3.05, 3.63) is 35.9 Å². The van der Waals surface area contributed by atoms with Gasteiger partial charge in [0.05, 0.1) is 6.10 Å². The quantitative estimate of drug-likeness (QED) is 0.758. The van der Waals surface area contributed by atoms with Gasteiger partial charge in [-0.25, -0.2) is 0 Å². The molecule has 3 N–H and O–H groups in total. The van der Waals surface area contributed by atoms with Crippen molar-refractivity contribution in [2.45, 2.75) is 33.3 Å². The Morgan fingerprint density at radius 3 is 2.42 bits per heavy atom. The first kappa shape index (κ1) is 16.2. The van der Waals surface area contributed by atoms with Gasteiger partial charge in [0.25, 0.3) is 0 Å². The van der Waals surface area contributed by atoms with Crippen LogP contribution in [0.15, 0.2) is 30.3 Å². The third kappa shape index (κ3) is 5.72. The van der Waals surface area contributed by atoms with Crippen molar-refractivity contribution in [2.75, 3.05) is 26.2 Å². The molecular formula is C16H28N2O. The van der Waals surface area contributed by atoms with Crippen molar-refractivity contribution in [1.29, 1.82) is 0 Å². The van der Waals surface area contributed by atoms with E-state index in [2.05, 4.69) is 25.7 Å². The van der Waals surface area contributed by atoms with Crippen LogP contribution in [-0.4, -0.2) is 36.2 Å². The van der Waals surface area contributed by atoms with E-state index in [1.54, 1.807) is 0 Å². The molecule has 0 spiro atoms. The normalized spacial score (nSPS) is 13.8. The monoisotopic (exact) mass is 264 g/mol. The number of nitrogens with two attached hydrogens (primary N) is 1. The Labute approximate surface area is 117 Å². The van der Waals surface area contributed by atoms with Gasteiger partial charge in [-0.15, -0.1) is 0 Å². The predicted molar refractivity (Wildman–Crippen MR) is 81.0 cm³/mol. The van der Waals surface area contributed by atoms with Crippen LogP contribution in [0, 0.1) is 5.41 Å². The Bertz CT molecular complexity index is 351. The largest absolute Gasteiger partial charge is 0.387 e. The number of aliphatic hydroxyl groups is 1. The molecule has 108 valence electrons. The summed E-state index contributed by atoms with van der Waals surface area (Å²) in [5, 5.41) is 10.3. The Kier molecular flexibility index (Phi) is 6.49. The zero-order valence-electron chi connectivity index (χ0n) is 12.5. The molecule has 1 aromatic carbocycles. The van der Waals surface area contributed by atoms with Crippen molar-refractivity contribution in [2.24, 2.45) is 11.1 Å². The lowest BCUT2D eigenvalue weighted by atomic mass is 9.92. The summed E-state index contributed by atoms with van der Waals surface area (Å²) in [5.41, 5.74) is 6.87. The SMILES string of the molecule is CCCN(CC(O)c1ccccc1)CC(C)(C)CN. The van der Waals surface area contributed by atoms with Gasteiger partial charge in [-0.05, 0) is 30.5 Å². The minimum absolute atomic E-state index is 0.0889. The molecule has 1 unspecified atom stereocenters. The summed E-state index contributed by atoms with van der Waals surface area (Å²) >= 11 is 0. The summed E-state index contributed by atoms with van der Waals surface area (Å²) < 4.78 is 0. The third-order valence-electron chi connectivity index (χ3n) is 3.36. The Hall–Kier alpha value is -0.900. The van der Waals surface area contributed by atoms with Gasteiger partial charge in [-0.1, -0.05) is 51.1 Å². The van der Waals surface area contributed by atoms with E-state index in [1.165, 1.54) is 0 Å². The van der Waals surface area contributed by atoms with Crippen LogP contribution >= 0.6 is 0 Å². The van der Waals surface area contributed by atoms with Gasteiger partial charge in [0.2, 0.25) is 0 Å². The highest BCUT2D eigenvalue weighted by Gasteiger charge is 2.21. The van der Waals surface area contributed by atoms with Gasteiger partial charge in [0.15, 0.2) is 0 Å². The summed E-state index contributed by atoms with van der Waals surface area (Å²) in [4.78, 5) is 2.31. The van der Waals surface area contributed by atoms with Gasteiger partial charge < -0.3 is 10.8 Å². The van der Waals surface area contributed by atoms with Crippen molar-refractivity contribution in [3.63, 3.8) is 0 Å². The van der Waals surface area contributed by atoms with Gasteiger partial charge >= 0.3 is 0 Å². The van der Waals surface area contributed by atoms with E-state index in [9.17, 15) is 5.11 Å². The van der Waals surface area contributed by atoms with Crippen LogP contribution in [0.5, 0.6) is 0 Å². The molecule has 0 fully saturated rings. The average Bonchev–Trinajstić information content (AvgIpc) is 2.39. The number of aliphatic hydroxyl groups excluding tert-OH is 1. The summed E-state index contributed by atoms with van der Waals surface area (Å²) in [7, 11) is 0. The van der Waals surface area contributed by atoms with Crippen LogP contribution in [0.3, 0.4) is 0 Å². The second kappa shape index (κ2) is 7.63.